The van der Waals surface area contributed by atoms with Gasteiger partial charge < -0.3 is 10.1 Å². The van der Waals surface area contributed by atoms with Crippen LogP contribution in [0.25, 0.3) is 0 Å². The SMILES string of the molecule is CCCNCC1CCC1Cc1ccc(OC)c(F)c1. The van der Waals surface area contributed by atoms with E-state index in [1.807, 2.05) is 6.07 Å². The van der Waals surface area contributed by atoms with Crippen LogP contribution >= 0.6 is 0 Å². The Bertz CT molecular complexity index is 408. The molecular formula is C16H24FNO. The van der Waals surface area contributed by atoms with Gasteiger partial charge in [-0.25, -0.2) is 4.39 Å². The van der Waals surface area contributed by atoms with Crippen LogP contribution in [0.1, 0.15) is 31.7 Å². The summed E-state index contributed by atoms with van der Waals surface area (Å²) in [6.45, 7) is 4.39. The molecule has 0 spiro atoms. The fraction of sp³-hybridized carbons (Fsp3) is 0.625. The summed E-state index contributed by atoms with van der Waals surface area (Å²) in [5.74, 6) is 1.55. The zero-order chi connectivity index (χ0) is 13.7. The molecule has 1 N–H and O–H groups in total. The highest BCUT2D eigenvalue weighted by atomic mass is 19.1. The number of methoxy groups -OCH3 is 1. The molecule has 2 nitrogen and oxygen atoms in total. The van der Waals surface area contributed by atoms with Crippen LogP contribution in [-0.2, 0) is 6.42 Å². The average molecular weight is 265 g/mol. The summed E-state index contributed by atoms with van der Waals surface area (Å²) in [5.41, 5.74) is 1.09. The molecule has 2 rings (SSSR count). The van der Waals surface area contributed by atoms with Gasteiger partial charge in [0.1, 0.15) is 0 Å². The van der Waals surface area contributed by atoms with Crippen LogP contribution in [0.15, 0.2) is 18.2 Å². The molecular weight excluding hydrogens is 241 g/mol. The van der Waals surface area contributed by atoms with Crippen LogP contribution in [0.4, 0.5) is 4.39 Å². The Morgan fingerprint density at radius 1 is 1.32 bits per heavy atom. The number of benzene rings is 1. The van der Waals surface area contributed by atoms with Gasteiger partial charge in [0.05, 0.1) is 7.11 Å². The van der Waals surface area contributed by atoms with Crippen molar-refractivity contribution >= 4 is 0 Å². The second-order valence-electron chi connectivity index (χ2n) is 5.47. The number of hydrogen-bond donors (Lipinski definition) is 1. The molecule has 19 heavy (non-hydrogen) atoms. The van der Waals surface area contributed by atoms with E-state index in [4.69, 9.17) is 4.74 Å². The van der Waals surface area contributed by atoms with E-state index < -0.39 is 0 Å². The Kier molecular flexibility index (Phi) is 5.20. The Hall–Kier alpha value is -1.09. The summed E-state index contributed by atoms with van der Waals surface area (Å²) >= 11 is 0. The maximum atomic E-state index is 13.6. The smallest absolute Gasteiger partial charge is 0.165 e. The van der Waals surface area contributed by atoms with Gasteiger partial charge in [-0.2, -0.15) is 0 Å². The molecule has 0 bridgehead atoms. The van der Waals surface area contributed by atoms with Crippen molar-refractivity contribution in [3.8, 4) is 5.75 Å². The minimum atomic E-state index is -0.250. The molecule has 0 radical (unpaired) electrons. The van der Waals surface area contributed by atoms with Crippen molar-refractivity contribution in [3.05, 3.63) is 29.6 Å². The summed E-state index contributed by atoms with van der Waals surface area (Å²) in [4.78, 5) is 0. The third-order valence-corrected chi connectivity index (χ3v) is 4.12. The van der Waals surface area contributed by atoms with Crippen molar-refractivity contribution in [2.45, 2.75) is 32.6 Å². The number of nitrogens with one attached hydrogen (secondary N) is 1. The molecule has 106 valence electrons. The van der Waals surface area contributed by atoms with Gasteiger partial charge in [-0.15, -0.1) is 0 Å². The number of hydrogen-bond acceptors (Lipinski definition) is 2. The second kappa shape index (κ2) is 6.90. The van der Waals surface area contributed by atoms with Crippen LogP contribution in [-0.4, -0.2) is 20.2 Å². The van der Waals surface area contributed by atoms with Gasteiger partial charge in [0.25, 0.3) is 0 Å². The molecule has 0 saturated heterocycles. The summed E-state index contributed by atoms with van der Waals surface area (Å²) in [6, 6.07) is 5.33. The van der Waals surface area contributed by atoms with Crippen molar-refractivity contribution in [2.24, 2.45) is 11.8 Å². The highest BCUT2D eigenvalue weighted by molar-refractivity contribution is 5.29. The monoisotopic (exact) mass is 265 g/mol. The first-order valence-electron chi connectivity index (χ1n) is 7.27. The minimum Gasteiger partial charge on any atom is -0.494 e. The summed E-state index contributed by atoms with van der Waals surface area (Å²) in [7, 11) is 1.50. The Labute approximate surface area is 115 Å². The lowest BCUT2D eigenvalue weighted by Crippen LogP contribution is -2.36. The third-order valence-electron chi connectivity index (χ3n) is 4.12. The molecule has 1 aliphatic carbocycles. The molecule has 1 aromatic carbocycles. The Morgan fingerprint density at radius 2 is 2.11 bits per heavy atom. The van der Waals surface area contributed by atoms with Gasteiger partial charge in [0, 0.05) is 0 Å². The van der Waals surface area contributed by atoms with Crippen molar-refractivity contribution in [2.75, 3.05) is 20.2 Å². The molecule has 0 aromatic heterocycles. The predicted octanol–water partition coefficient (Wildman–Crippen LogP) is 3.40. The van der Waals surface area contributed by atoms with Crippen molar-refractivity contribution < 1.29 is 9.13 Å². The first-order chi connectivity index (χ1) is 9.24. The van der Waals surface area contributed by atoms with E-state index in [0.717, 1.165) is 31.0 Å². The quantitative estimate of drug-likeness (QED) is 0.763. The largest absolute Gasteiger partial charge is 0.494 e. The Morgan fingerprint density at radius 3 is 2.68 bits per heavy atom. The zero-order valence-electron chi connectivity index (χ0n) is 11.9. The standard InChI is InChI=1S/C16H24FNO/c1-3-8-18-11-14-6-5-13(14)9-12-4-7-16(19-2)15(17)10-12/h4,7,10,13-14,18H,3,5-6,8-9,11H2,1-2H3. The molecule has 1 saturated carbocycles. The van der Waals surface area contributed by atoms with Crippen molar-refractivity contribution in [1.29, 1.82) is 0 Å². The first kappa shape index (κ1) is 14.3. The fourth-order valence-electron chi connectivity index (χ4n) is 2.78. The maximum absolute atomic E-state index is 13.6. The molecule has 1 aromatic rings. The van der Waals surface area contributed by atoms with E-state index in [0.29, 0.717) is 11.7 Å². The van der Waals surface area contributed by atoms with Crippen LogP contribution in [0, 0.1) is 17.7 Å². The van der Waals surface area contributed by atoms with E-state index in [2.05, 4.69) is 12.2 Å². The van der Waals surface area contributed by atoms with Crippen LogP contribution in [0.3, 0.4) is 0 Å². The highest BCUT2D eigenvalue weighted by Crippen LogP contribution is 2.36. The molecule has 1 fully saturated rings. The second-order valence-corrected chi connectivity index (χ2v) is 5.47. The van der Waals surface area contributed by atoms with Crippen LogP contribution < -0.4 is 10.1 Å². The zero-order valence-corrected chi connectivity index (χ0v) is 11.9. The van der Waals surface area contributed by atoms with E-state index in [1.165, 1.54) is 26.4 Å². The normalized spacial score (nSPS) is 22.1. The third kappa shape index (κ3) is 3.69. The topological polar surface area (TPSA) is 21.3 Å². The van der Waals surface area contributed by atoms with Gasteiger partial charge in [-0.3, -0.25) is 0 Å². The van der Waals surface area contributed by atoms with E-state index in [-0.39, 0.29) is 5.82 Å². The summed E-state index contributed by atoms with van der Waals surface area (Å²) < 4.78 is 18.6. The first-order valence-corrected chi connectivity index (χ1v) is 7.27. The van der Waals surface area contributed by atoms with Crippen LogP contribution in [0.5, 0.6) is 5.75 Å². The molecule has 0 amide bonds. The lowest BCUT2D eigenvalue weighted by molar-refractivity contribution is 0.171. The average Bonchev–Trinajstić information content (AvgIpc) is 2.40. The van der Waals surface area contributed by atoms with Gasteiger partial charge in [-0.05, 0) is 68.3 Å². The Balaban J connectivity index is 1.85. The predicted molar refractivity (Wildman–Crippen MR) is 76.0 cm³/mol. The minimum absolute atomic E-state index is 0.250. The summed E-state index contributed by atoms with van der Waals surface area (Å²) in [5, 5.41) is 3.49. The summed E-state index contributed by atoms with van der Waals surface area (Å²) in [6.07, 6.45) is 4.74. The van der Waals surface area contributed by atoms with Crippen molar-refractivity contribution in [1.82, 2.24) is 5.32 Å². The molecule has 2 unspecified atom stereocenters. The molecule has 2 atom stereocenters. The van der Waals surface area contributed by atoms with E-state index in [9.17, 15) is 4.39 Å². The van der Waals surface area contributed by atoms with Gasteiger partial charge >= 0.3 is 0 Å². The van der Waals surface area contributed by atoms with E-state index >= 15 is 0 Å². The van der Waals surface area contributed by atoms with Gasteiger partial charge in [-0.1, -0.05) is 13.0 Å². The lowest BCUT2D eigenvalue weighted by atomic mass is 9.70. The molecule has 1 aliphatic rings. The molecule has 0 aliphatic heterocycles. The number of ether oxygens (including phenoxy) is 1. The van der Waals surface area contributed by atoms with E-state index in [1.54, 1.807) is 12.1 Å². The fourth-order valence-corrected chi connectivity index (χ4v) is 2.78. The molecule has 0 heterocycles. The van der Waals surface area contributed by atoms with Crippen molar-refractivity contribution in [3.63, 3.8) is 0 Å². The van der Waals surface area contributed by atoms with Gasteiger partial charge in [0.2, 0.25) is 0 Å². The van der Waals surface area contributed by atoms with Gasteiger partial charge in [0.15, 0.2) is 11.6 Å². The maximum Gasteiger partial charge on any atom is 0.165 e. The number of halogens is 1. The highest BCUT2D eigenvalue weighted by Gasteiger charge is 2.30. The van der Waals surface area contributed by atoms with Crippen LogP contribution in [0.2, 0.25) is 0 Å². The lowest BCUT2D eigenvalue weighted by Gasteiger charge is -2.37. The molecule has 3 heteroatoms. The number of rotatable bonds is 7.